The molecule has 0 amide bonds. The highest BCUT2D eigenvalue weighted by atomic mass is 19.4. The van der Waals surface area contributed by atoms with E-state index < -0.39 is 40.8 Å². The molecule has 0 aliphatic heterocycles. The Hall–Kier alpha value is -1.59. The van der Waals surface area contributed by atoms with Crippen molar-refractivity contribution in [2.45, 2.75) is 25.9 Å². The fraction of sp³-hybridized carbons (Fsp3) is 0.462. The second-order valence-corrected chi connectivity index (χ2v) is 5.35. The lowest BCUT2D eigenvalue weighted by atomic mass is 10.0. The predicted octanol–water partition coefficient (Wildman–Crippen LogP) is 3.67. The largest absolute Gasteiger partial charge is 0.481 e. The third kappa shape index (κ3) is 2.19. The number of halogens is 4. The van der Waals surface area contributed by atoms with Gasteiger partial charge in [0, 0.05) is 5.92 Å². The van der Waals surface area contributed by atoms with E-state index in [9.17, 15) is 22.4 Å². The van der Waals surface area contributed by atoms with Crippen LogP contribution in [0.3, 0.4) is 0 Å². The molecule has 0 spiro atoms. The van der Waals surface area contributed by atoms with Gasteiger partial charge < -0.3 is 5.11 Å². The molecule has 19 heavy (non-hydrogen) atoms. The van der Waals surface area contributed by atoms with E-state index in [0.29, 0.717) is 6.07 Å². The lowest BCUT2D eigenvalue weighted by Crippen LogP contribution is -2.06. The van der Waals surface area contributed by atoms with Gasteiger partial charge in [-0.05, 0) is 23.1 Å². The van der Waals surface area contributed by atoms with Crippen molar-refractivity contribution in [3.63, 3.8) is 0 Å². The second kappa shape index (κ2) is 3.95. The fourth-order valence-corrected chi connectivity index (χ4v) is 2.63. The molecule has 0 heterocycles. The quantitative estimate of drug-likeness (QED) is 0.837. The number of rotatable bonds is 2. The summed E-state index contributed by atoms with van der Waals surface area (Å²) in [6, 6.07) is 2.24. The Labute approximate surface area is 107 Å². The van der Waals surface area contributed by atoms with Crippen LogP contribution in [-0.4, -0.2) is 11.1 Å². The zero-order valence-corrected chi connectivity index (χ0v) is 10.3. The van der Waals surface area contributed by atoms with Crippen LogP contribution in [0.25, 0.3) is 0 Å². The summed E-state index contributed by atoms with van der Waals surface area (Å²) in [6.45, 7) is 3.32. The second-order valence-electron chi connectivity index (χ2n) is 5.35. The molecule has 1 aromatic rings. The zero-order chi connectivity index (χ0) is 14.6. The van der Waals surface area contributed by atoms with Gasteiger partial charge in [0.05, 0.1) is 11.5 Å². The number of hydrogen-bond acceptors (Lipinski definition) is 1. The van der Waals surface area contributed by atoms with Crippen LogP contribution in [0.2, 0.25) is 0 Å². The van der Waals surface area contributed by atoms with Gasteiger partial charge in [0.1, 0.15) is 5.82 Å². The van der Waals surface area contributed by atoms with Gasteiger partial charge in [0.2, 0.25) is 0 Å². The minimum Gasteiger partial charge on any atom is -0.481 e. The van der Waals surface area contributed by atoms with Crippen molar-refractivity contribution in [1.29, 1.82) is 0 Å². The standard InChI is InChI=1S/C13H12F4O2/c1-12(2)9(10(12)11(18)19)7-4-3-6(5-8(7)14)13(15,16)17/h3-5,9-10H,1-2H3,(H,18,19). The van der Waals surface area contributed by atoms with E-state index >= 15 is 0 Å². The van der Waals surface area contributed by atoms with Crippen LogP contribution >= 0.6 is 0 Å². The van der Waals surface area contributed by atoms with Gasteiger partial charge >= 0.3 is 12.1 Å². The molecule has 2 unspecified atom stereocenters. The molecule has 2 rings (SSSR count). The van der Waals surface area contributed by atoms with E-state index in [1.165, 1.54) is 0 Å². The van der Waals surface area contributed by atoms with E-state index in [1.807, 2.05) is 0 Å². The first-order valence-corrected chi connectivity index (χ1v) is 5.66. The highest BCUT2D eigenvalue weighted by Crippen LogP contribution is 2.64. The average molecular weight is 276 g/mol. The van der Waals surface area contributed by atoms with Crippen molar-refractivity contribution in [3.05, 3.63) is 35.1 Å². The molecule has 1 aliphatic carbocycles. The van der Waals surface area contributed by atoms with Crippen LogP contribution in [-0.2, 0) is 11.0 Å². The lowest BCUT2D eigenvalue weighted by Gasteiger charge is -2.09. The van der Waals surface area contributed by atoms with E-state index in [2.05, 4.69) is 0 Å². The van der Waals surface area contributed by atoms with Gasteiger partial charge in [-0.15, -0.1) is 0 Å². The first kappa shape index (κ1) is 13.8. The summed E-state index contributed by atoms with van der Waals surface area (Å²) in [5.41, 5.74) is -1.68. The van der Waals surface area contributed by atoms with Crippen molar-refractivity contribution < 1.29 is 27.5 Å². The van der Waals surface area contributed by atoms with Crippen LogP contribution in [0.4, 0.5) is 17.6 Å². The molecule has 0 radical (unpaired) electrons. The zero-order valence-electron chi connectivity index (χ0n) is 10.3. The first-order chi connectivity index (χ1) is 8.56. The minimum atomic E-state index is -4.61. The molecule has 6 heteroatoms. The van der Waals surface area contributed by atoms with Crippen LogP contribution in [0, 0.1) is 17.2 Å². The van der Waals surface area contributed by atoms with Gasteiger partial charge in [-0.1, -0.05) is 19.9 Å². The van der Waals surface area contributed by atoms with Crippen molar-refractivity contribution in [3.8, 4) is 0 Å². The number of carbonyl (C=O) groups is 1. The Kier molecular flexibility index (Phi) is 2.88. The predicted molar refractivity (Wildman–Crippen MR) is 59.0 cm³/mol. The molecule has 1 N–H and O–H groups in total. The topological polar surface area (TPSA) is 37.3 Å². The summed E-state index contributed by atoms with van der Waals surface area (Å²) in [4.78, 5) is 11.0. The molecule has 1 aromatic carbocycles. The third-order valence-corrected chi connectivity index (χ3v) is 3.76. The Morgan fingerprint density at radius 3 is 2.26 bits per heavy atom. The van der Waals surface area contributed by atoms with E-state index in [-0.39, 0.29) is 5.56 Å². The Morgan fingerprint density at radius 2 is 1.89 bits per heavy atom. The number of carboxylic acids is 1. The van der Waals surface area contributed by atoms with Gasteiger partial charge in [-0.2, -0.15) is 13.2 Å². The Morgan fingerprint density at radius 1 is 1.32 bits per heavy atom. The van der Waals surface area contributed by atoms with Crippen molar-refractivity contribution in [2.75, 3.05) is 0 Å². The Balaban J connectivity index is 2.37. The highest BCUT2D eigenvalue weighted by Gasteiger charge is 2.63. The summed E-state index contributed by atoms with van der Waals surface area (Å²) in [6.07, 6.45) is -4.61. The molecular formula is C13H12F4O2. The summed E-state index contributed by atoms with van der Waals surface area (Å²) in [5.74, 6) is -3.42. The van der Waals surface area contributed by atoms with E-state index in [0.717, 1.165) is 12.1 Å². The molecule has 2 atom stereocenters. The monoisotopic (exact) mass is 276 g/mol. The number of alkyl halides is 3. The number of carboxylic acid groups (broad SMARTS) is 1. The van der Waals surface area contributed by atoms with Crippen LogP contribution in [0.15, 0.2) is 18.2 Å². The van der Waals surface area contributed by atoms with Crippen molar-refractivity contribution in [1.82, 2.24) is 0 Å². The molecule has 0 bridgehead atoms. The summed E-state index contributed by atoms with van der Waals surface area (Å²) < 4.78 is 51.0. The van der Waals surface area contributed by atoms with E-state index in [1.54, 1.807) is 13.8 Å². The summed E-state index contributed by atoms with van der Waals surface area (Å²) >= 11 is 0. The number of aliphatic carboxylic acids is 1. The van der Waals surface area contributed by atoms with Crippen molar-refractivity contribution >= 4 is 5.97 Å². The van der Waals surface area contributed by atoms with Crippen LogP contribution in [0.5, 0.6) is 0 Å². The first-order valence-electron chi connectivity index (χ1n) is 5.66. The smallest absolute Gasteiger partial charge is 0.416 e. The fourth-order valence-electron chi connectivity index (χ4n) is 2.63. The Bertz CT molecular complexity index is 534. The molecular weight excluding hydrogens is 264 g/mol. The molecule has 1 saturated carbocycles. The minimum absolute atomic E-state index is 0.0328. The van der Waals surface area contributed by atoms with Gasteiger partial charge in [-0.25, -0.2) is 4.39 Å². The molecule has 0 aromatic heterocycles. The molecule has 2 nitrogen and oxygen atoms in total. The summed E-state index contributed by atoms with van der Waals surface area (Å²) in [5, 5.41) is 8.99. The SMILES string of the molecule is CC1(C)C(C(=O)O)C1c1ccc(C(F)(F)F)cc1F. The summed E-state index contributed by atoms with van der Waals surface area (Å²) in [7, 11) is 0. The highest BCUT2D eigenvalue weighted by molar-refractivity contribution is 5.77. The van der Waals surface area contributed by atoms with Crippen LogP contribution in [0.1, 0.15) is 30.9 Å². The maximum absolute atomic E-state index is 13.8. The van der Waals surface area contributed by atoms with Gasteiger partial charge in [0.25, 0.3) is 0 Å². The van der Waals surface area contributed by atoms with Gasteiger partial charge in [-0.3, -0.25) is 4.79 Å². The van der Waals surface area contributed by atoms with Crippen LogP contribution < -0.4 is 0 Å². The maximum Gasteiger partial charge on any atom is 0.416 e. The van der Waals surface area contributed by atoms with E-state index in [4.69, 9.17) is 5.11 Å². The van der Waals surface area contributed by atoms with Crippen molar-refractivity contribution in [2.24, 2.45) is 11.3 Å². The third-order valence-electron chi connectivity index (χ3n) is 3.76. The van der Waals surface area contributed by atoms with Gasteiger partial charge in [0.15, 0.2) is 0 Å². The number of hydrogen-bond donors (Lipinski definition) is 1. The normalized spacial score (nSPS) is 25.2. The maximum atomic E-state index is 13.8. The lowest BCUT2D eigenvalue weighted by molar-refractivity contribution is -0.139. The number of benzene rings is 1. The molecule has 1 aliphatic rings. The molecule has 104 valence electrons. The molecule has 1 fully saturated rings. The average Bonchev–Trinajstić information content (AvgIpc) is 2.80. The molecule has 0 saturated heterocycles.